The summed E-state index contributed by atoms with van der Waals surface area (Å²) in [6.07, 6.45) is 0. The van der Waals surface area contributed by atoms with Crippen molar-refractivity contribution in [2.24, 2.45) is 5.73 Å². The van der Waals surface area contributed by atoms with Crippen molar-refractivity contribution in [1.82, 2.24) is 4.90 Å². The fraction of sp³-hybridized carbons (Fsp3) is 0.300. The van der Waals surface area contributed by atoms with E-state index in [0.717, 1.165) is 5.56 Å². The first kappa shape index (κ1) is 9.15. The van der Waals surface area contributed by atoms with Gasteiger partial charge in [-0.1, -0.05) is 6.07 Å². The zero-order valence-corrected chi connectivity index (χ0v) is 7.83. The summed E-state index contributed by atoms with van der Waals surface area (Å²) in [6.45, 7) is 0.362. The topological polar surface area (TPSA) is 46.3 Å². The number of fused-ring (bicyclic) bond motifs is 1. The van der Waals surface area contributed by atoms with Crippen LogP contribution in [0.15, 0.2) is 18.2 Å². The Hall–Kier alpha value is -1.42. The molecule has 0 saturated heterocycles. The molecule has 2 N–H and O–H groups in total. The van der Waals surface area contributed by atoms with Crippen LogP contribution in [-0.2, 0) is 0 Å². The van der Waals surface area contributed by atoms with Gasteiger partial charge in [0.2, 0.25) is 0 Å². The van der Waals surface area contributed by atoms with Crippen LogP contribution in [0.2, 0.25) is 0 Å². The van der Waals surface area contributed by atoms with Gasteiger partial charge in [-0.25, -0.2) is 4.39 Å². The summed E-state index contributed by atoms with van der Waals surface area (Å²) in [4.78, 5) is 13.2. The van der Waals surface area contributed by atoms with Crippen molar-refractivity contribution in [3.63, 3.8) is 0 Å². The Morgan fingerprint density at radius 1 is 1.57 bits per heavy atom. The molecule has 74 valence electrons. The Bertz CT molecular complexity index is 392. The van der Waals surface area contributed by atoms with Gasteiger partial charge in [0.1, 0.15) is 5.82 Å². The highest BCUT2D eigenvalue weighted by molar-refractivity contribution is 5.99. The van der Waals surface area contributed by atoms with Gasteiger partial charge < -0.3 is 10.6 Å². The molecule has 2 rings (SSSR count). The second-order valence-electron chi connectivity index (χ2n) is 3.40. The van der Waals surface area contributed by atoms with Crippen molar-refractivity contribution < 1.29 is 9.18 Å². The van der Waals surface area contributed by atoms with Crippen LogP contribution in [0, 0.1) is 5.82 Å². The van der Waals surface area contributed by atoms with Gasteiger partial charge in [-0.05, 0) is 17.7 Å². The summed E-state index contributed by atoms with van der Waals surface area (Å²) in [7, 11) is 1.68. The number of likely N-dealkylation sites (N-methyl/N-ethyl adjacent to an activating group) is 1. The van der Waals surface area contributed by atoms with E-state index in [1.54, 1.807) is 18.0 Å². The Morgan fingerprint density at radius 3 is 2.93 bits per heavy atom. The van der Waals surface area contributed by atoms with E-state index in [4.69, 9.17) is 5.73 Å². The number of carbonyl (C=O) groups excluding carboxylic acids is 1. The van der Waals surface area contributed by atoms with E-state index in [0.29, 0.717) is 12.1 Å². The van der Waals surface area contributed by atoms with Crippen LogP contribution in [0.3, 0.4) is 0 Å². The molecular weight excluding hydrogens is 183 g/mol. The Kier molecular flexibility index (Phi) is 2.00. The predicted octanol–water partition coefficient (Wildman–Crippen LogP) is 0.911. The predicted molar refractivity (Wildman–Crippen MR) is 50.3 cm³/mol. The van der Waals surface area contributed by atoms with Gasteiger partial charge in [-0.3, -0.25) is 4.79 Å². The minimum atomic E-state index is -0.386. The highest BCUT2D eigenvalue weighted by Crippen LogP contribution is 2.31. The maximum Gasteiger partial charge on any atom is 0.254 e. The minimum Gasteiger partial charge on any atom is -0.333 e. The molecule has 0 aliphatic carbocycles. The molecule has 1 heterocycles. The summed E-state index contributed by atoms with van der Waals surface area (Å²) >= 11 is 0. The molecule has 0 bridgehead atoms. The maximum atomic E-state index is 12.9. The fourth-order valence-corrected chi connectivity index (χ4v) is 1.83. The first-order chi connectivity index (χ1) is 6.65. The maximum absolute atomic E-state index is 12.9. The lowest BCUT2D eigenvalue weighted by molar-refractivity contribution is 0.0778. The molecule has 3 nitrogen and oxygen atoms in total. The van der Waals surface area contributed by atoms with Crippen LogP contribution in [0.4, 0.5) is 4.39 Å². The molecule has 0 radical (unpaired) electrons. The summed E-state index contributed by atoms with van der Waals surface area (Å²) in [5, 5.41) is 0. The first-order valence-electron chi connectivity index (χ1n) is 4.42. The summed E-state index contributed by atoms with van der Waals surface area (Å²) in [6, 6.07) is 4.14. The monoisotopic (exact) mass is 194 g/mol. The molecule has 1 aliphatic rings. The van der Waals surface area contributed by atoms with Gasteiger partial charge in [-0.2, -0.15) is 0 Å². The van der Waals surface area contributed by atoms with Gasteiger partial charge in [0, 0.05) is 19.2 Å². The van der Waals surface area contributed by atoms with Crippen LogP contribution in [0.25, 0.3) is 0 Å². The lowest BCUT2D eigenvalue weighted by atomic mass is 10.0. The van der Waals surface area contributed by atoms with Gasteiger partial charge in [0.25, 0.3) is 5.91 Å². The second-order valence-corrected chi connectivity index (χ2v) is 3.40. The number of hydrogen-bond acceptors (Lipinski definition) is 2. The van der Waals surface area contributed by atoms with Gasteiger partial charge in [-0.15, -0.1) is 0 Å². The third-order valence-electron chi connectivity index (χ3n) is 2.62. The van der Waals surface area contributed by atoms with Crippen LogP contribution in [-0.4, -0.2) is 24.4 Å². The number of hydrogen-bond donors (Lipinski definition) is 1. The molecule has 1 amide bonds. The van der Waals surface area contributed by atoms with Crippen molar-refractivity contribution in [3.8, 4) is 0 Å². The summed E-state index contributed by atoms with van der Waals surface area (Å²) in [5.41, 5.74) is 6.81. The number of nitrogens with zero attached hydrogens (tertiary/aromatic N) is 1. The van der Waals surface area contributed by atoms with Gasteiger partial charge in [0.15, 0.2) is 0 Å². The Morgan fingerprint density at radius 2 is 2.29 bits per heavy atom. The zero-order chi connectivity index (χ0) is 10.3. The van der Waals surface area contributed by atoms with Crippen LogP contribution in [0.1, 0.15) is 22.0 Å². The van der Waals surface area contributed by atoms with Crippen LogP contribution in [0.5, 0.6) is 0 Å². The molecule has 1 aliphatic heterocycles. The smallest absolute Gasteiger partial charge is 0.254 e. The number of rotatable bonds is 1. The summed E-state index contributed by atoms with van der Waals surface area (Å²) in [5.74, 6) is -0.543. The lowest BCUT2D eigenvalue weighted by Crippen LogP contribution is -2.28. The molecule has 0 unspecified atom stereocenters. The largest absolute Gasteiger partial charge is 0.333 e. The third-order valence-corrected chi connectivity index (χ3v) is 2.62. The molecule has 14 heavy (non-hydrogen) atoms. The molecular formula is C10H11FN2O. The van der Waals surface area contributed by atoms with Crippen molar-refractivity contribution in [2.75, 3.05) is 13.6 Å². The Labute approximate surface area is 81.3 Å². The van der Waals surface area contributed by atoms with Gasteiger partial charge in [0.05, 0.1) is 6.04 Å². The average Bonchev–Trinajstić information content (AvgIpc) is 2.41. The van der Waals surface area contributed by atoms with E-state index >= 15 is 0 Å². The van der Waals surface area contributed by atoms with E-state index in [9.17, 15) is 9.18 Å². The third kappa shape index (κ3) is 1.11. The molecule has 0 aromatic heterocycles. The summed E-state index contributed by atoms with van der Waals surface area (Å²) < 4.78 is 12.9. The van der Waals surface area contributed by atoms with E-state index < -0.39 is 0 Å². The standard InChI is InChI=1S/C10H11FN2O/c1-13-9(5-12)7-3-2-6(11)4-8(7)10(13)14/h2-4,9H,5,12H2,1H3/t9-/m1/s1. The van der Waals surface area contributed by atoms with Crippen molar-refractivity contribution in [2.45, 2.75) is 6.04 Å². The molecule has 0 saturated carbocycles. The van der Waals surface area contributed by atoms with E-state index in [2.05, 4.69) is 0 Å². The second kappa shape index (κ2) is 3.06. The van der Waals surface area contributed by atoms with Crippen molar-refractivity contribution in [1.29, 1.82) is 0 Å². The molecule has 1 aromatic rings. The van der Waals surface area contributed by atoms with E-state index in [1.807, 2.05) is 0 Å². The van der Waals surface area contributed by atoms with Crippen molar-refractivity contribution in [3.05, 3.63) is 35.1 Å². The molecule has 1 aromatic carbocycles. The highest BCUT2D eigenvalue weighted by Gasteiger charge is 2.33. The quantitative estimate of drug-likeness (QED) is 0.722. The molecule has 4 heteroatoms. The Balaban J connectivity index is 2.55. The normalized spacial score (nSPS) is 20.1. The zero-order valence-electron chi connectivity index (χ0n) is 7.83. The van der Waals surface area contributed by atoms with Crippen LogP contribution < -0.4 is 5.73 Å². The van der Waals surface area contributed by atoms with E-state index in [1.165, 1.54) is 12.1 Å². The fourth-order valence-electron chi connectivity index (χ4n) is 1.83. The highest BCUT2D eigenvalue weighted by atomic mass is 19.1. The molecule has 1 atom stereocenters. The first-order valence-corrected chi connectivity index (χ1v) is 4.42. The van der Waals surface area contributed by atoms with Gasteiger partial charge >= 0.3 is 0 Å². The van der Waals surface area contributed by atoms with E-state index in [-0.39, 0.29) is 17.8 Å². The molecule has 0 fully saturated rings. The number of amides is 1. The number of nitrogens with two attached hydrogens (primary N) is 1. The number of carbonyl (C=O) groups is 1. The number of halogens is 1. The average molecular weight is 194 g/mol. The van der Waals surface area contributed by atoms with Crippen molar-refractivity contribution >= 4 is 5.91 Å². The molecule has 0 spiro atoms. The lowest BCUT2D eigenvalue weighted by Gasteiger charge is -2.18. The van der Waals surface area contributed by atoms with Crippen LogP contribution >= 0.6 is 0 Å². The minimum absolute atomic E-state index is 0.113. The SMILES string of the molecule is CN1C(=O)c2cc(F)ccc2[C@H]1CN. The number of benzene rings is 1.